The predicted octanol–water partition coefficient (Wildman–Crippen LogP) is 5.07. The average Bonchev–Trinajstić information content (AvgIpc) is 2.76. The second-order valence-corrected chi connectivity index (χ2v) is 6.51. The van der Waals surface area contributed by atoms with E-state index in [0.29, 0.717) is 16.4 Å². The van der Waals surface area contributed by atoms with Crippen molar-refractivity contribution in [1.29, 1.82) is 5.26 Å². The first kappa shape index (κ1) is 16.9. The number of anilines is 1. The first-order valence-electron chi connectivity index (χ1n) is 7.88. The maximum Gasteiger partial charge on any atom is 0.128 e. The number of benzene rings is 2. The average molecular weight is 346 g/mol. The molecule has 2 N–H and O–H groups in total. The van der Waals surface area contributed by atoms with Crippen molar-refractivity contribution in [3.63, 3.8) is 0 Å². The third-order valence-electron chi connectivity index (χ3n) is 3.55. The maximum absolute atomic E-state index is 9.74. The quantitative estimate of drug-likeness (QED) is 0.814. The Bertz CT molecular complexity index is 888. The largest absolute Gasteiger partial charge is 0.344 e. The Labute approximate surface area is 152 Å². The maximum atomic E-state index is 9.74. The minimum absolute atomic E-state index is 0.488. The number of rotatable bonds is 3. The Morgan fingerprint density at radius 1 is 1.04 bits per heavy atom. The molecular weight excluding hydrogens is 328 g/mol. The van der Waals surface area contributed by atoms with Crippen LogP contribution in [0.3, 0.4) is 0 Å². The smallest absolute Gasteiger partial charge is 0.128 e. The van der Waals surface area contributed by atoms with E-state index in [1.54, 1.807) is 0 Å². The van der Waals surface area contributed by atoms with Crippen LogP contribution in [0.2, 0.25) is 0 Å². The van der Waals surface area contributed by atoms with Gasteiger partial charge in [0.05, 0.1) is 5.69 Å². The summed E-state index contributed by atoms with van der Waals surface area (Å²) in [6.45, 7) is 4.01. The van der Waals surface area contributed by atoms with Crippen LogP contribution in [0.15, 0.2) is 82.1 Å². The monoisotopic (exact) mass is 346 g/mol. The molecule has 5 heteroatoms. The molecule has 25 heavy (non-hydrogen) atoms. The molecule has 1 aliphatic rings. The third kappa shape index (κ3) is 4.31. The van der Waals surface area contributed by atoms with Crippen molar-refractivity contribution >= 4 is 28.2 Å². The Hall–Kier alpha value is -2.97. The number of aliphatic imine (C=N–C) groups is 1. The van der Waals surface area contributed by atoms with Gasteiger partial charge in [0.15, 0.2) is 0 Å². The van der Waals surface area contributed by atoms with Crippen LogP contribution in [0.4, 0.5) is 11.4 Å². The summed E-state index contributed by atoms with van der Waals surface area (Å²) in [6, 6.07) is 20.0. The molecule has 124 valence electrons. The van der Waals surface area contributed by atoms with Crippen molar-refractivity contribution in [2.75, 3.05) is 5.32 Å². The summed E-state index contributed by atoms with van der Waals surface area (Å²) in [5.74, 6) is 0.639. The Morgan fingerprint density at radius 3 is 2.44 bits per heavy atom. The highest BCUT2D eigenvalue weighted by atomic mass is 32.2. The fourth-order valence-electron chi connectivity index (χ4n) is 2.28. The fraction of sp³-hybridized carbons (Fsp3) is 0.100. The summed E-state index contributed by atoms with van der Waals surface area (Å²) in [4.78, 5) is 4.65. The van der Waals surface area contributed by atoms with E-state index in [1.165, 1.54) is 17.3 Å². The molecule has 0 aromatic heterocycles. The summed E-state index contributed by atoms with van der Waals surface area (Å²) in [7, 11) is 0. The first-order chi connectivity index (χ1) is 12.2. The number of allylic oxidation sites excluding steroid dienone is 1. The lowest BCUT2D eigenvalue weighted by Crippen LogP contribution is -2.20. The third-order valence-corrected chi connectivity index (χ3v) is 4.54. The zero-order valence-electron chi connectivity index (χ0n) is 14.1. The van der Waals surface area contributed by atoms with Gasteiger partial charge in [-0.25, -0.2) is 4.99 Å². The van der Waals surface area contributed by atoms with Gasteiger partial charge in [0.2, 0.25) is 0 Å². The van der Waals surface area contributed by atoms with E-state index in [4.69, 9.17) is 0 Å². The molecule has 0 bridgehead atoms. The van der Waals surface area contributed by atoms with Gasteiger partial charge in [-0.3, -0.25) is 0 Å². The highest BCUT2D eigenvalue weighted by Crippen LogP contribution is 2.26. The molecular formula is C20H18N4S. The molecule has 1 heterocycles. The highest BCUT2D eigenvalue weighted by molar-refractivity contribution is 8.17. The van der Waals surface area contributed by atoms with Crippen LogP contribution in [0.5, 0.6) is 0 Å². The summed E-state index contributed by atoms with van der Waals surface area (Å²) < 4.78 is 0. The minimum atomic E-state index is 0.488. The topological polar surface area (TPSA) is 60.2 Å². The molecule has 0 amide bonds. The summed E-state index contributed by atoms with van der Waals surface area (Å²) >= 11 is 1.44. The van der Waals surface area contributed by atoms with Crippen LogP contribution in [-0.4, -0.2) is 5.04 Å². The van der Waals surface area contributed by atoms with Crippen LogP contribution in [0.1, 0.15) is 12.5 Å². The Balaban J connectivity index is 2.02. The van der Waals surface area contributed by atoms with Crippen LogP contribution in [-0.2, 0) is 0 Å². The second kappa shape index (κ2) is 7.73. The lowest BCUT2D eigenvalue weighted by atomic mass is 10.2. The second-order valence-electron chi connectivity index (χ2n) is 5.65. The van der Waals surface area contributed by atoms with Gasteiger partial charge in [-0.2, -0.15) is 5.26 Å². The number of hydrogen-bond donors (Lipinski definition) is 2. The molecule has 2 aromatic rings. The predicted molar refractivity (Wildman–Crippen MR) is 105 cm³/mol. The van der Waals surface area contributed by atoms with Crippen LogP contribution >= 0.6 is 11.8 Å². The molecule has 0 radical (unpaired) electrons. The number of nitrogens with zero attached hydrogens (tertiary/aromatic N) is 2. The fourth-order valence-corrected chi connectivity index (χ4v) is 3.05. The van der Waals surface area contributed by atoms with Crippen LogP contribution in [0.25, 0.3) is 0 Å². The van der Waals surface area contributed by atoms with Crippen molar-refractivity contribution in [1.82, 2.24) is 5.32 Å². The van der Waals surface area contributed by atoms with E-state index in [9.17, 15) is 5.26 Å². The van der Waals surface area contributed by atoms with Gasteiger partial charge in [0.25, 0.3) is 0 Å². The molecule has 0 atom stereocenters. The number of nitriles is 1. The number of nitrogens with one attached hydrogen (secondary N) is 2. The van der Waals surface area contributed by atoms with Crippen LogP contribution in [0, 0.1) is 18.3 Å². The lowest BCUT2D eigenvalue weighted by Gasteiger charge is -2.14. The molecule has 0 unspecified atom stereocenters. The summed E-state index contributed by atoms with van der Waals surface area (Å²) in [6.07, 6.45) is 0. The Kier molecular flexibility index (Phi) is 5.22. The van der Waals surface area contributed by atoms with E-state index in [2.05, 4.69) is 21.7 Å². The van der Waals surface area contributed by atoms with Gasteiger partial charge in [-0.05, 0) is 43.5 Å². The van der Waals surface area contributed by atoms with Gasteiger partial charge in [0, 0.05) is 11.4 Å². The summed E-state index contributed by atoms with van der Waals surface area (Å²) in [5, 5.41) is 18.9. The molecule has 0 saturated carbocycles. The number of aryl methyl sites for hydroxylation is 1. The standard InChI is InChI=1S/C20H18N4S/c1-14-8-10-17(11-9-14)23-19-18(12-21)20(25-13-15(2)22-19)24-16-6-4-3-5-7-16/h3-11,13,22-23H,1-2H3. The van der Waals surface area contributed by atoms with Crippen molar-refractivity contribution in [3.05, 3.63) is 82.7 Å². The first-order valence-corrected chi connectivity index (χ1v) is 8.76. The molecule has 2 aromatic carbocycles. The van der Waals surface area contributed by atoms with E-state index in [1.807, 2.05) is 73.9 Å². The summed E-state index contributed by atoms with van der Waals surface area (Å²) in [5.41, 5.74) is 4.36. The van der Waals surface area contributed by atoms with Gasteiger partial charge >= 0.3 is 0 Å². The number of thioether (sulfide) groups is 1. The minimum Gasteiger partial charge on any atom is -0.344 e. The van der Waals surface area contributed by atoms with E-state index in [0.717, 1.165) is 17.1 Å². The molecule has 0 spiro atoms. The van der Waals surface area contributed by atoms with E-state index >= 15 is 0 Å². The van der Waals surface area contributed by atoms with Crippen molar-refractivity contribution < 1.29 is 0 Å². The molecule has 0 aliphatic carbocycles. The SMILES string of the molecule is CC1=CSC(=Nc2ccccc2)C(C#N)=C(Nc2ccc(C)cc2)N1. The Morgan fingerprint density at radius 2 is 1.76 bits per heavy atom. The van der Waals surface area contributed by atoms with Crippen molar-refractivity contribution in [2.24, 2.45) is 4.99 Å². The number of para-hydroxylation sites is 1. The highest BCUT2D eigenvalue weighted by Gasteiger charge is 2.18. The molecule has 3 rings (SSSR count). The zero-order chi connectivity index (χ0) is 17.6. The van der Waals surface area contributed by atoms with Crippen LogP contribution < -0.4 is 10.6 Å². The van der Waals surface area contributed by atoms with Gasteiger partial charge in [-0.1, -0.05) is 47.7 Å². The normalized spacial score (nSPS) is 15.9. The van der Waals surface area contributed by atoms with Gasteiger partial charge < -0.3 is 10.6 Å². The molecule has 0 saturated heterocycles. The van der Waals surface area contributed by atoms with Gasteiger partial charge in [0.1, 0.15) is 22.5 Å². The molecule has 0 fully saturated rings. The zero-order valence-corrected chi connectivity index (χ0v) is 14.9. The van der Waals surface area contributed by atoms with Gasteiger partial charge in [-0.15, -0.1) is 0 Å². The van der Waals surface area contributed by atoms with Crippen molar-refractivity contribution in [3.8, 4) is 6.07 Å². The molecule has 4 nitrogen and oxygen atoms in total. The van der Waals surface area contributed by atoms with Crippen molar-refractivity contribution in [2.45, 2.75) is 13.8 Å². The van der Waals surface area contributed by atoms with E-state index < -0.39 is 0 Å². The lowest BCUT2D eigenvalue weighted by molar-refractivity contribution is 0.974. The van der Waals surface area contributed by atoms with E-state index in [-0.39, 0.29) is 0 Å². The number of hydrogen-bond acceptors (Lipinski definition) is 5. The molecule has 1 aliphatic heterocycles.